The van der Waals surface area contributed by atoms with E-state index in [1.165, 1.54) is 0 Å². The molecule has 20 heteroatoms. The first-order valence-corrected chi connectivity index (χ1v) is 19.4. The molecule has 2 fully saturated rings. The quantitative estimate of drug-likeness (QED) is 0.0484. The maximum absolute atomic E-state index is 13.0. The van der Waals surface area contributed by atoms with Gasteiger partial charge in [-0.25, -0.2) is 9.59 Å². The van der Waals surface area contributed by atoms with E-state index >= 15 is 0 Å². The van der Waals surface area contributed by atoms with Crippen molar-refractivity contribution in [2.45, 2.75) is 165 Å². The number of carboxylic acids is 1. The molecule has 2 heterocycles. The van der Waals surface area contributed by atoms with E-state index in [1.54, 1.807) is 27.7 Å². The Morgan fingerprint density at radius 3 is 1.86 bits per heavy atom. The van der Waals surface area contributed by atoms with Gasteiger partial charge in [-0.2, -0.15) is 0 Å². The van der Waals surface area contributed by atoms with Crippen molar-refractivity contribution in [2.24, 2.45) is 0 Å². The molecule has 2 saturated heterocycles. The number of alkyl carbamates (subject to hydrolysis) is 1. The maximum atomic E-state index is 13.0. The molecule has 0 aromatic carbocycles. The maximum Gasteiger partial charge on any atom is 0.408 e. The highest BCUT2D eigenvalue weighted by Crippen LogP contribution is 2.25. The number of unbranched alkanes of at least 4 members (excludes halogenated alkanes) is 6. The van der Waals surface area contributed by atoms with Gasteiger partial charge in [-0.1, -0.05) is 25.7 Å². The molecule has 2 aliphatic heterocycles. The molecule has 0 radical (unpaired) electrons. The van der Waals surface area contributed by atoms with Gasteiger partial charge < -0.3 is 80.1 Å². The summed E-state index contributed by atoms with van der Waals surface area (Å²) in [5.41, 5.74) is -0.794. The van der Waals surface area contributed by atoms with Crippen molar-refractivity contribution in [3.8, 4) is 0 Å². The molecule has 0 unspecified atom stereocenters. The van der Waals surface area contributed by atoms with E-state index in [-0.39, 0.29) is 32.0 Å². The molecule has 0 spiro atoms. The van der Waals surface area contributed by atoms with Gasteiger partial charge in [0.15, 0.2) is 12.6 Å². The number of carbonyl (C=O) groups is 4. The van der Waals surface area contributed by atoms with Gasteiger partial charge in [-0.15, -0.1) is 0 Å². The number of nitrogens with one attached hydrogen (secondary N) is 3. The summed E-state index contributed by atoms with van der Waals surface area (Å²) in [6.07, 6.45) is -7.63. The zero-order valence-electron chi connectivity index (χ0n) is 32.9. The van der Waals surface area contributed by atoms with Crippen molar-refractivity contribution in [3.05, 3.63) is 0 Å². The third-order valence-electron chi connectivity index (χ3n) is 9.02. The Morgan fingerprint density at radius 1 is 0.714 bits per heavy atom. The number of hydrogen-bond acceptors (Lipinski definition) is 16. The van der Waals surface area contributed by atoms with Crippen LogP contribution >= 0.6 is 0 Å². The van der Waals surface area contributed by atoms with Crippen molar-refractivity contribution in [3.63, 3.8) is 0 Å². The second-order valence-corrected chi connectivity index (χ2v) is 15.0. The van der Waals surface area contributed by atoms with E-state index < -0.39 is 104 Å². The number of aliphatic carboxylic acids is 1. The zero-order chi connectivity index (χ0) is 41.8. The number of hydrogen-bond donors (Lipinski definition) is 10. The third kappa shape index (κ3) is 18.2. The van der Waals surface area contributed by atoms with Gasteiger partial charge in [0.2, 0.25) is 11.8 Å². The summed E-state index contributed by atoms with van der Waals surface area (Å²) in [7, 11) is 0. The Labute approximate surface area is 327 Å². The third-order valence-corrected chi connectivity index (χ3v) is 9.02. The summed E-state index contributed by atoms with van der Waals surface area (Å²) in [5, 5.41) is 76.9. The lowest BCUT2D eigenvalue weighted by Gasteiger charge is -2.41. The van der Waals surface area contributed by atoms with Crippen LogP contribution in [0.1, 0.15) is 91.9 Å². The molecule has 2 aliphatic rings. The van der Waals surface area contributed by atoms with E-state index in [0.29, 0.717) is 45.2 Å². The van der Waals surface area contributed by atoms with Crippen LogP contribution in [0.2, 0.25) is 0 Å². The van der Waals surface area contributed by atoms with Gasteiger partial charge in [0.25, 0.3) is 0 Å². The predicted octanol–water partition coefficient (Wildman–Crippen LogP) is -1.22. The van der Waals surface area contributed by atoms with Gasteiger partial charge >= 0.3 is 12.1 Å². The van der Waals surface area contributed by atoms with Gasteiger partial charge in [-0.05, 0) is 59.8 Å². The minimum atomic E-state index is -1.48. The van der Waals surface area contributed by atoms with Gasteiger partial charge in [0.05, 0.1) is 12.7 Å². The molecular weight excluding hydrogens is 746 g/mol. The van der Waals surface area contributed by atoms with E-state index in [0.717, 1.165) is 19.3 Å². The van der Waals surface area contributed by atoms with E-state index in [1.807, 2.05) is 0 Å². The Bertz CT molecular complexity index is 1180. The SMILES string of the molecule is C[C@@H]1O[C@@H](OCCCCCCNC(=O)[C@H](CCC(=O)NCCCCCCO[C@@H]2O[C@H](CO)[C@H](O)[C@H](OCC(=O)O)[C@H]2O)NC(=O)OC(C)(C)C)[C@@H](O)[C@H](O)[C@@H]1O. The van der Waals surface area contributed by atoms with Crippen LogP contribution in [0, 0.1) is 0 Å². The molecule has 56 heavy (non-hydrogen) atoms. The van der Waals surface area contributed by atoms with E-state index in [4.69, 9.17) is 33.5 Å². The summed E-state index contributed by atoms with van der Waals surface area (Å²) in [6, 6.07) is -1.01. The van der Waals surface area contributed by atoms with Gasteiger partial charge in [0, 0.05) is 32.7 Å². The monoisotopic (exact) mass is 811 g/mol. The fraction of sp³-hybridized carbons (Fsp3) is 0.889. The van der Waals surface area contributed by atoms with Gasteiger partial charge in [-0.3, -0.25) is 9.59 Å². The first-order valence-electron chi connectivity index (χ1n) is 19.4. The molecule has 11 atom stereocenters. The zero-order valence-corrected chi connectivity index (χ0v) is 32.9. The Kier molecular flexibility index (Phi) is 22.5. The van der Waals surface area contributed by atoms with Crippen molar-refractivity contribution < 1.29 is 83.3 Å². The molecule has 0 aromatic rings. The second-order valence-electron chi connectivity index (χ2n) is 15.0. The van der Waals surface area contributed by atoms with Crippen molar-refractivity contribution in [1.29, 1.82) is 0 Å². The number of carbonyl (C=O) groups excluding carboxylic acids is 3. The average Bonchev–Trinajstić information content (AvgIpc) is 3.12. The number of ether oxygens (including phenoxy) is 6. The Morgan fingerprint density at radius 2 is 1.29 bits per heavy atom. The summed E-state index contributed by atoms with van der Waals surface area (Å²) in [5.74, 6) is -2.04. The summed E-state index contributed by atoms with van der Waals surface area (Å²) < 4.78 is 32.3. The number of aliphatic hydroxyl groups is 6. The molecule has 20 nitrogen and oxygen atoms in total. The minimum absolute atomic E-state index is 0.0275. The molecule has 0 aromatic heterocycles. The molecule has 0 bridgehead atoms. The number of rotatable bonds is 25. The first-order chi connectivity index (χ1) is 26.4. The highest BCUT2D eigenvalue weighted by atomic mass is 16.7. The lowest BCUT2D eigenvalue weighted by molar-refractivity contribution is -0.307. The summed E-state index contributed by atoms with van der Waals surface area (Å²) in [6.45, 7) is 6.44. The fourth-order valence-electron chi connectivity index (χ4n) is 5.91. The minimum Gasteiger partial charge on any atom is -0.480 e. The molecular formula is C36H65N3O17. The van der Waals surface area contributed by atoms with Crippen LogP contribution < -0.4 is 16.0 Å². The van der Waals surface area contributed by atoms with Crippen LogP contribution in [-0.4, -0.2) is 172 Å². The molecule has 326 valence electrons. The lowest BCUT2D eigenvalue weighted by Crippen LogP contribution is -2.60. The van der Waals surface area contributed by atoms with Crippen LogP contribution in [0.5, 0.6) is 0 Å². The average molecular weight is 812 g/mol. The highest BCUT2D eigenvalue weighted by Gasteiger charge is 2.46. The number of aliphatic hydroxyl groups excluding tert-OH is 6. The fourth-order valence-corrected chi connectivity index (χ4v) is 5.91. The normalized spacial score (nSPS) is 28.6. The molecule has 2 rings (SSSR count). The van der Waals surface area contributed by atoms with Gasteiger partial charge in [0.1, 0.15) is 61.0 Å². The summed E-state index contributed by atoms with van der Waals surface area (Å²) >= 11 is 0. The van der Waals surface area contributed by atoms with Crippen LogP contribution in [-0.2, 0) is 42.8 Å². The largest absolute Gasteiger partial charge is 0.480 e. The predicted molar refractivity (Wildman–Crippen MR) is 195 cm³/mol. The molecule has 0 saturated carbocycles. The van der Waals surface area contributed by atoms with Crippen molar-refractivity contribution in [1.82, 2.24) is 16.0 Å². The van der Waals surface area contributed by atoms with Crippen LogP contribution in [0.25, 0.3) is 0 Å². The summed E-state index contributed by atoms with van der Waals surface area (Å²) in [4.78, 5) is 48.9. The molecule has 10 N–H and O–H groups in total. The van der Waals surface area contributed by atoms with Crippen LogP contribution in [0.4, 0.5) is 4.79 Å². The molecule has 0 aliphatic carbocycles. The first kappa shape index (κ1) is 49.4. The number of carboxylic acid groups (broad SMARTS) is 1. The van der Waals surface area contributed by atoms with E-state index in [9.17, 15) is 49.8 Å². The molecule has 3 amide bonds. The second kappa shape index (κ2) is 25.6. The Balaban J connectivity index is 1.65. The van der Waals surface area contributed by atoms with Crippen LogP contribution in [0.3, 0.4) is 0 Å². The van der Waals surface area contributed by atoms with Crippen LogP contribution in [0.15, 0.2) is 0 Å². The smallest absolute Gasteiger partial charge is 0.408 e. The topological polar surface area (TPSA) is 301 Å². The Hall–Kier alpha value is -2.76. The van der Waals surface area contributed by atoms with E-state index in [2.05, 4.69) is 16.0 Å². The lowest BCUT2D eigenvalue weighted by atomic mass is 9.99. The van der Waals surface area contributed by atoms with Crippen molar-refractivity contribution >= 4 is 23.9 Å². The highest BCUT2D eigenvalue weighted by molar-refractivity contribution is 5.86. The van der Waals surface area contributed by atoms with Crippen molar-refractivity contribution in [2.75, 3.05) is 39.5 Å². The number of amides is 3. The standard InChI is InChI=1S/C36H65N3O17/c1-21-26(44)28(46)29(47)33(54-21)51-17-11-8-6-10-16-38-32(49)22(39-35(50)56-36(2,3)4)13-14-24(41)37-15-9-5-7-12-18-52-34-30(48)31(53-20-25(42)43)27(45)23(19-40)55-34/h21-23,26-31,33-34,40,44-48H,5-20H2,1-4H3,(H,37,41)(H,38,49)(H,39,50)(H,42,43)/t21-,22-,23+,26+,27-,28+,29-,30+,31-,33+,34+/m0/s1.